The maximum atomic E-state index is 10.5. The molecule has 0 aromatic carbocycles. The minimum atomic E-state index is -0.506. The lowest BCUT2D eigenvalue weighted by Crippen LogP contribution is -2.39. The van der Waals surface area contributed by atoms with Gasteiger partial charge >= 0.3 is 12.9 Å². The summed E-state index contributed by atoms with van der Waals surface area (Å²) in [4.78, 5) is 15.7. The van der Waals surface area contributed by atoms with Crippen LogP contribution in [-0.2, 0) is 0 Å². The van der Waals surface area contributed by atoms with Crippen LogP contribution in [0.15, 0.2) is 24.4 Å². The minimum Gasteiger partial charge on any atom is -0.437 e. The van der Waals surface area contributed by atoms with Crippen molar-refractivity contribution in [3.8, 4) is 0 Å². The zero-order valence-corrected chi connectivity index (χ0v) is 10.1. The lowest BCUT2D eigenvalue weighted by Gasteiger charge is -2.26. The predicted molar refractivity (Wildman–Crippen MR) is 68.9 cm³/mol. The van der Waals surface area contributed by atoms with E-state index in [2.05, 4.69) is 4.98 Å². The molecule has 0 aliphatic carbocycles. The van der Waals surface area contributed by atoms with Crippen LogP contribution in [0.1, 0.15) is 12.0 Å². The molecule has 1 aromatic rings. The first-order valence-corrected chi connectivity index (χ1v) is 5.80. The second-order valence-electron chi connectivity index (χ2n) is 4.27. The van der Waals surface area contributed by atoms with Crippen LogP contribution in [0.2, 0.25) is 6.82 Å². The monoisotopic (exact) mass is 247 g/mol. The zero-order valence-electron chi connectivity index (χ0n) is 10.1. The fourth-order valence-electron chi connectivity index (χ4n) is 1.97. The van der Waals surface area contributed by atoms with Gasteiger partial charge in [-0.1, -0.05) is 6.08 Å². The number of hydrogen-bond donors (Lipinski definition) is 1. The van der Waals surface area contributed by atoms with E-state index in [4.69, 9.17) is 0 Å². The molecule has 0 bridgehead atoms. The van der Waals surface area contributed by atoms with Crippen molar-refractivity contribution < 1.29 is 9.95 Å². The van der Waals surface area contributed by atoms with Crippen molar-refractivity contribution in [1.82, 2.24) is 9.79 Å². The second kappa shape index (κ2) is 5.28. The van der Waals surface area contributed by atoms with Crippen LogP contribution in [0.4, 0.5) is 5.82 Å². The fourth-order valence-corrected chi connectivity index (χ4v) is 1.97. The van der Waals surface area contributed by atoms with Crippen LogP contribution < -0.4 is 0 Å². The van der Waals surface area contributed by atoms with Crippen molar-refractivity contribution in [2.45, 2.75) is 13.2 Å². The smallest absolute Gasteiger partial charge is 0.376 e. The van der Waals surface area contributed by atoms with E-state index in [-0.39, 0.29) is 5.82 Å². The molecule has 94 valence electrons. The number of nitrogens with zero attached hydrogens (tertiary/aromatic N) is 3. The number of hydrogen-bond acceptors (Lipinski definition) is 5. The Morgan fingerprint density at radius 3 is 2.78 bits per heavy atom. The molecule has 2 rings (SSSR count). The Labute approximate surface area is 105 Å². The summed E-state index contributed by atoms with van der Waals surface area (Å²) in [7, 11) is -0.446. The zero-order chi connectivity index (χ0) is 13.1. The summed E-state index contributed by atoms with van der Waals surface area (Å²) in [6, 6.07) is 3.13. The van der Waals surface area contributed by atoms with Crippen LogP contribution in [0, 0.1) is 10.1 Å². The molecular formula is C11H14BN3O3. The van der Waals surface area contributed by atoms with Gasteiger partial charge in [-0.25, -0.2) is 0 Å². The molecule has 18 heavy (non-hydrogen) atoms. The first kappa shape index (κ1) is 12.7. The molecule has 0 unspecified atom stereocenters. The Morgan fingerprint density at radius 2 is 2.33 bits per heavy atom. The van der Waals surface area contributed by atoms with Gasteiger partial charge in [0.2, 0.25) is 0 Å². The average Bonchev–Trinajstić information content (AvgIpc) is 2.39. The molecule has 0 fully saturated rings. The van der Waals surface area contributed by atoms with Gasteiger partial charge in [-0.15, -0.1) is 0 Å². The van der Waals surface area contributed by atoms with Crippen molar-refractivity contribution in [2.24, 2.45) is 0 Å². The Bertz CT molecular complexity index is 473. The summed E-state index contributed by atoms with van der Waals surface area (Å²) in [6.45, 7) is 3.21. The standard InChI is InChI=1S/C11H14BN3O3/c1-12(16)14-6-4-9(5-7-14)10-2-3-11(13-8-10)15(17)18/h2-4,8,16H,5-7H2,1H3. The predicted octanol–water partition coefficient (Wildman–Crippen LogP) is 1.19. The van der Waals surface area contributed by atoms with E-state index in [0.717, 1.165) is 24.1 Å². The SMILES string of the molecule is CB(O)N1CC=C(c2ccc([N+](=O)[O-])nc2)CC1. The molecule has 0 saturated carbocycles. The third-order valence-electron chi connectivity index (χ3n) is 3.07. The highest BCUT2D eigenvalue weighted by Gasteiger charge is 2.20. The third-order valence-corrected chi connectivity index (χ3v) is 3.07. The third kappa shape index (κ3) is 2.74. The van der Waals surface area contributed by atoms with Crippen molar-refractivity contribution in [2.75, 3.05) is 13.1 Å². The lowest BCUT2D eigenvalue weighted by molar-refractivity contribution is -0.389. The lowest BCUT2D eigenvalue weighted by atomic mass is 9.82. The van der Waals surface area contributed by atoms with E-state index < -0.39 is 12.0 Å². The molecule has 0 radical (unpaired) electrons. The molecule has 2 heterocycles. The Balaban J connectivity index is 2.11. The topological polar surface area (TPSA) is 79.5 Å². The first-order chi connectivity index (χ1) is 8.58. The van der Waals surface area contributed by atoms with E-state index >= 15 is 0 Å². The summed E-state index contributed by atoms with van der Waals surface area (Å²) >= 11 is 0. The van der Waals surface area contributed by atoms with E-state index in [1.165, 1.54) is 12.3 Å². The molecular weight excluding hydrogens is 233 g/mol. The summed E-state index contributed by atoms with van der Waals surface area (Å²) in [6.07, 6.45) is 4.37. The van der Waals surface area contributed by atoms with E-state index in [1.54, 1.807) is 12.9 Å². The highest BCUT2D eigenvalue weighted by atomic mass is 16.6. The van der Waals surface area contributed by atoms with Gasteiger partial charge in [0.1, 0.15) is 6.20 Å². The van der Waals surface area contributed by atoms with Gasteiger partial charge in [0.25, 0.3) is 0 Å². The maximum absolute atomic E-state index is 10.5. The number of aromatic nitrogens is 1. The largest absolute Gasteiger partial charge is 0.437 e. The highest BCUT2D eigenvalue weighted by Crippen LogP contribution is 2.23. The Hall–Kier alpha value is -1.73. The van der Waals surface area contributed by atoms with Crippen LogP contribution in [0.25, 0.3) is 5.57 Å². The minimum absolute atomic E-state index is 0.138. The van der Waals surface area contributed by atoms with Gasteiger partial charge < -0.3 is 19.9 Å². The summed E-state index contributed by atoms with van der Waals surface area (Å²) in [5.74, 6) is -0.138. The van der Waals surface area contributed by atoms with Gasteiger partial charge in [-0.05, 0) is 41.3 Å². The fraction of sp³-hybridized carbons (Fsp3) is 0.364. The molecule has 0 spiro atoms. The van der Waals surface area contributed by atoms with Crippen molar-refractivity contribution in [3.05, 3.63) is 40.1 Å². The normalized spacial score (nSPS) is 16.2. The number of rotatable bonds is 3. The maximum Gasteiger partial charge on any atom is 0.376 e. The molecule has 1 N–H and O–H groups in total. The van der Waals surface area contributed by atoms with E-state index in [9.17, 15) is 15.1 Å². The van der Waals surface area contributed by atoms with Gasteiger partial charge in [0, 0.05) is 18.2 Å². The molecule has 0 amide bonds. The average molecular weight is 247 g/mol. The quantitative estimate of drug-likeness (QED) is 0.493. The van der Waals surface area contributed by atoms with Crippen molar-refractivity contribution in [3.63, 3.8) is 0 Å². The van der Waals surface area contributed by atoms with Gasteiger partial charge in [0.05, 0.1) is 0 Å². The van der Waals surface area contributed by atoms with Crippen LogP contribution in [0.3, 0.4) is 0 Å². The first-order valence-electron chi connectivity index (χ1n) is 5.80. The molecule has 0 atom stereocenters. The molecule has 0 saturated heterocycles. The van der Waals surface area contributed by atoms with Crippen LogP contribution in [0.5, 0.6) is 0 Å². The Kier molecular flexibility index (Phi) is 3.73. The van der Waals surface area contributed by atoms with Gasteiger partial charge in [-0.2, -0.15) is 0 Å². The summed E-state index contributed by atoms with van der Waals surface area (Å²) in [5.41, 5.74) is 2.03. The van der Waals surface area contributed by atoms with E-state index in [0.29, 0.717) is 6.54 Å². The molecule has 1 aromatic heterocycles. The summed E-state index contributed by atoms with van der Waals surface area (Å²) < 4.78 is 0. The van der Waals surface area contributed by atoms with Crippen LogP contribution in [-0.4, -0.2) is 39.9 Å². The van der Waals surface area contributed by atoms with Crippen molar-refractivity contribution >= 4 is 18.4 Å². The number of pyridine rings is 1. The van der Waals surface area contributed by atoms with Gasteiger partial charge in [-0.3, -0.25) is 0 Å². The van der Waals surface area contributed by atoms with Gasteiger partial charge in [0.15, 0.2) is 0 Å². The molecule has 1 aliphatic heterocycles. The van der Waals surface area contributed by atoms with Crippen LogP contribution >= 0.6 is 0 Å². The second-order valence-corrected chi connectivity index (χ2v) is 4.27. The molecule has 6 nitrogen and oxygen atoms in total. The summed E-state index contributed by atoms with van der Waals surface area (Å²) in [5, 5.41) is 19.9. The highest BCUT2D eigenvalue weighted by molar-refractivity contribution is 6.45. The number of nitro groups is 1. The van der Waals surface area contributed by atoms with Crippen molar-refractivity contribution in [1.29, 1.82) is 0 Å². The molecule has 7 heteroatoms. The Morgan fingerprint density at radius 1 is 1.56 bits per heavy atom. The van der Waals surface area contributed by atoms with E-state index in [1.807, 2.05) is 10.9 Å². The molecule has 1 aliphatic rings.